The zero-order valence-corrected chi connectivity index (χ0v) is 10.4. The van der Waals surface area contributed by atoms with Crippen molar-refractivity contribution in [1.82, 2.24) is 0 Å². The van der Waals surface area contributed by atoms with Gasteiger partial charge in [-0.25, -0.2) is 0 Å². The molecule has 0 fully saturated rings. The second kappa shape index (κ2) is 4.08. The molecule has 0 bridgehead atoms. The second-order valence-corrected chi connectivity index (χ2v) is 4.83. The highest BCUT2D eigenvalue weighted by molar-refractivity contribution is 6.30. The molecular weight excluding hydrogens is 232 g/mol. The van der Waals surface area contributed by atoms with Gasteiger partial charge in [0.1, 0.15) is 12.4 Å². The van der Waals surface area contributed by atoms with Crippen molar-refractivity contribution in [3.05, 3.63) is 64.2 Å². The van der Waals surface area contributed by atoms with Crippen LogP contribution in [0.25, 0.3) is 0 Å². The smallest absolute Gasteiger partial charge is 0.123 e. The molecule has 3 rings (SSSR count). The summed E-state index contributed by atoms with van der Waals surface area (Å²) in [6.45, 7) is 2.80. The molecule has 1 unspecified atom stereocenters. The van der Waals surface area contributed by atoms with Crippen molar-refractivity contribution < 1.29 is 4.74 Å². The van der Waals surface area contributed by atoms with Gasteiger partial charge in [-0.2, -0.15) is 0 Å². The average Bonchev–Trinajstić information content (AvgIpc) is 2.48. The lowest BCUT2D eigenvalue weighted by Gasteiger charge is -2.13. The Bertz CT molecular complexity index is 563. The average molecular weight is 245 g/mol. The number of rotatable bonds is 0. The number of benzene rings is 2. The van der Waals surface area contributed by atoms with Gasteiger partial charge in [0.25, 0.3) is 0 Å². The Morgan fingerprint density at radius 1 is 1.12 bits per heavy atom. The van der Waals surface area contributed by atoms with Gasteiger partial charge >= 0.3 is 0 Å². The van der Waals surface area contributed by atoms with Crippen LogP contribution in [-0.4, -0.2) is 0 Å². The topological polar surface area (TPSA) is 9.23 Å². The molecule has 2 aromatic carbocycles. The normalized spacial score (nSPS) is 17.6. The van der Waals surface area contributed by atoms with Gasteiger partial charge in [0.05, 0.1) is 0 Å². The van der Waals surface area contributed by atoms with E-state index in [9.17, 15) is 0 Å². The summed E-state index contributed by atoms with van der Waals surface area (Å²) in [7, 11) is 0. The summed E-state index contributed by atoms with van der Waals surface area (Å²) in [6.07, 6.45) is 0. The van der Waals surface area contributed by atoms with Crippen LogP contribution in [0.5, 0.6) is 5.75 Å². The molecule has 1 aliphatic heterocycles. The number of halogens is 1. The maximum Gasteiger partial charge on any atom is 0.123 e. The lowest BCUT2D eigenvalue weighted by atomic mass is 9.90. The van der Waals surface area contributed by atoms with E-state index in [0.717, 1.165) is 10.8 Å². The lowest BCUT2D eigenvalue weighted by Crippen LogP contribution is -1.98. The number of hydrogen-bond acceptors (Lipinski definition) is 1. The van der Waals surface area contributed by atoms with Crippen LogP contribution in [0.4, 0.5) is 0 Å². The fourth-order valence-corrected chi connectivity index (χ4v) is 2.61. The summed E-state index contributed by atoms with van der Waals surface area (Å²) in [5, 5.41) is 0.769. The van der Waals surface area contributed by atoms with Gasteiger partial charge in [-0.15, -0.1) is 0 Å². The minimum atomic E-state index is 0.348. The zero-order valence-electron chi connectivity index (χ0n) is 9.61. The molecule has 1 heterocycles. The quantitative estimate of drug-likeness (QED) is 0.668. The van der Waals surface area contributed by atoms with Gasteiger partial charge in [-0.05, 0) is 29.3 Å². The second-order valence-electron chi connectivity index (χ2n) is 4.39. The van der Waals surface area contributed by atoms with E-state index in [-0.39, 0.29) is 0 Å². The molecule has 1 nitrogen and oxygen atoms in total. The van der Waals surface area contributed by atoms with Crippen LogP contribution in [0.3, 0.4) is 0 Å². The largest absolute Gasteiger partial charge is 0.489 e. The maximum absolute atomic E-state index is 6.03. The molecule has 0 radical (unpaired) electrons. The Hall–Kier alpha value is -1.47. The van der Waals surface area contributed by atoms with E-state index >= 15 is 0 Å². The van der Waals surface area contributed by atoms with Crippen molar-refractivity contribution in [3.63, 3.8) is 0 Å². The molecule has 86 valence electrons. The Kier molecular flexibility index (Phi) is 2.56. The lowest BCUT2D eigenvalue weighted by molar-refractivity contribution is 0.307. The first-order chi connectivity index (χ1) is 8.25. The van der Waals surface area contributed by atoms with Crippen molar-refractivity contribution in [3.8, 4) is 5.75 Å². The van der Waals surface area contributed by atoms with E-state index in [0.29, 0.717) is 12.5 Å². The predicted molar refractivity (Wildman–Crippen MR) is 69.7 cm³/mol. The minimum Gasteiger partial charge on any atom is -0.489 e. The van der Waals surface area contributed by atoms with Gasteiger partial charge in [-0.3, -0.25) is 0 Å². The standard InChI is InChI=1S/C15H13ClO/c1-10-13-7-6-12(16)8-11(13)9-17-15-5-3-2-4-14(10)15/h2-8,10H,9H2,1H3. The minimum absolute atomic E-state index is 0.348. The van der Waals surface area contributed by atoms with E-state index in [1.165, 1.54) is 16.7 Å². The molecule has 0 aromatic heterocycles. The van der Waals surface area contributed by atoms with E-state index in [2.05, 4.69) is 25.1 Å². The van der Waals surface area contributed by atoms with Crippen molar-refractivity contribution in [2.45, 2.75) is 19.4 Å². The Morgan fingerprint density at radius 3 is 2.82 bits per heavy atom. The van der Waals surface area contributed by atoms with Gasteiger partial charge < -0.3 is 4.74 Å². The van der Waals surface area contributed by atoms with Crippen LogP contribution in [0.2, 0.25) is 5.02 Å². The van der Waals surface area contributed by atoms with Crippen LogP contribution in [0, 0.1) is 0 Å². The number of para-hydroxylation sites is 1. The summed E-state index contributed by atoms with van der Waals surface area (Å²) in [6, 6.07) is 14.3. The summed E-state index contributed by atoms with van der Waals surface area (Å²) in [5.74, 6) is 1.33. The monoisotopic (exact) mass is 244 g/mol. The molecule has 0 spiro atoms. The van der Waals surface area contributed by atoms with Crippen LogP contribution in [-0.2, 0) is 6.61 Å². The first-order valence-corrected chi connectivity index (χ1v) is 6.13. The van der Waals surface area contributed by atoms with Crippen molar-refractivity contribution in [2.24, 2.45) is 0 Å². The third-order valence-electron chi connectivity index (χ3n) is 3.34. The van der Waals surface area contributed by atoms with Gasteiger partial charge in [0.15, 0.2) is 0 Å². The van der Waals surface area contributed by atoms with E-state index in [1.807, 2.05) is 24.3 Å². The van der Waals surface area contributed by atoms with Crippen LogP contribution in [0.15, 0.2) is 42.5 Å². The zero-order chi connectivity index (χ0) is 11.8. The molecule has 2 aromatic rings. The Labute approximate surface area is 106 Å². The fraction of sp³-hybridized carbons (Fsp3) is 0.200. The van der Waals surface area contributed by atoms with E-state index < -0.39 is 0 Å². The van der Waals surface area contributed by atoms with Crippen molar-refractivity contribution in [1.29, 1.82) is 0 Å². The van der Waals surface area contributed by atoms with Gasteiger partial charge in [0.2, 0.25) is 0 Å². The summed E-state index contributed by atoms with van der Waals surface area (Å²) in [4.78, 5) is 0. The molecule has 0 aliphatic carbocycles. The van der Waals surface area contributed by atoms with Gasteiger partial charge in [0, 0.05) is 16.5 Å². The van der Waals surface area contributed by atoms with Crippen LogP contribution < -0.4 is 4.74 Å². The van der Waals surface area contributed by atoms with Crippen molar-refractivity contribution in [2.75, 3.05) is 0 Å². The molecule has 0 saturated heterocycles. The van der Waals surface area contributed by atoms with Gasteiger partial charge in [-0.1, -0.05) is 42.8 Å². The predicted octanol–water partition coefficient (Wildman–Crippen LogP) is 4.38. The molecule has 0 N–H and O–H groups in total. The Morgan fingerprint density at radius 2 is 1.94 bits per heavy atom. The summed E-state index contributed by atoms with van der Waals surface area (Å²) < 4.78 is 5.84. The molecule has 1 aliphatic rings. The third-order valence-corrected chi connectivity index (χ3v) is 3.58. The van der Waals surface area contributed by atoms with E-state index in [1.54, 1.807) is 0 Å². The molecule has 2 heteroatoms. The SMILES string of the molecule is CC1c2ccc(Cl)cc2COc2ccccc21. The fourth-order valence-electron chi connectivity index (χ4n) is 2.41. The first kappa shape index (κ1) is 10.7. The molecule has 17 heavy (non-hydrogen) atoms. The molecule has 0 saturated carbocycles. The van der Waals surface area contributed by atoms with Crippen molar-refractivity contribution >= 4 is 11.6 Å². The molecular formula is C15H13ClO. The maximum atomic E-state index is 6.03. The Balaban J connectivity index is 2.16. The third kappa shape index (κ3) is 1.81. The highest BCUT2D eigenvalue weighted by atomic mass is 35.5. The first-order valence-electron chi connectivity index (χ1n) is 5.76. The number of hydrogen-bond donors (Lipinski definition) is 0. The number of ether oxygens (including phenoxy) is 1. The summed E-state index contributed by atoms with van der Waals surface area (Å²) in [5.41, 5.74) is 3.73. The molecule has 1 atom stereocenters. The molecule has 0 amide bonds. The highest BCUT2D eigenvalue weighted by Gasteiger charge is 2.20. The summed E-state index contributed by atoms with van der Waals surface area (Å²) >= 11 is 6.03. The van der Waals surface area contributed by atoms with Crippen LogP contribution in [0.1, 0.15) is 29.5 Å². The van der Waals surface area contributed by atoms with E-state index in [4.69, 9.17) is 16.3 Å². The number of fused-ring (bicyclic) bond motifs is 2. The van der Waals surface area contributed by atoms with Crippen LogP contribution >= 0.6 is 11.6 Å². The highest BCUT2D eigenvalue weighted by Crippen LogP contribution is 2.37.